The molecule has 4 rings (SSSR count). The number of aromatic nitrogens is 2. The maximum absolute atomic E-state index is 12.6. The summed E-state index contributed by atoms with van der Waals surface area (Å²) >= 11 is 5.90. The second-order valence-electron chi connectivity index (χ2n) is 7.15. The number of hydrogen-bond acceptors (Lipinski definition) is 5. The number of urea groups is 1. The number of benzene rings is 1. The number of amides is 2. The van der Waals surface area contributed by atoms with E-state index in [1.54, 1.807) is 4.90 Å². The molecule has 1 fully saturated rings. The van der Waals surface area contributed by atoms with Crippen molar-refractivity contribution in [3.05, 3.63) is 52.3 Å². The van der Waals surface area contributed by atoms with Crippen molar-refractivity contribution in [1.29, 1.82) is 0 Å². The Morgan fingerprint density at radius 2 is 2.04 bits per heavy atom. The van der Waals surface area contributed by atoms with E-state index < -0.39 is 0 Å². The predicted octanol–water partition coefficient (Wildman–Crippen LogP) is 2.99. The lowest BCUT2D eigenvalue weighted by molar-refractivity contribution is 0.0903. The van der Waals surface area contributed by atoms with Crippen molar-refractivity contribution < 1.29 is 9.53 Å². The summed E-state index contributed by atoms with van der Waals surface area (Å²) in [5.41, 5.74) is 3.04. The van der Waals surface area contributed by atoms with E-state index in [1.165, 1.54) is 0 Å². The van der Waals surface area contributed by atoms with Crippen LogP contribution in [0.3, 0.4) is 0 Å². The third-order valence-corrected chi connectivity index (χ3v) is 5.40. The molecule has 0 radical (unpaired) electrons. The molecule has 0 bridgehead atoms. The van der Waals surface area contributed by atoms with Crippen LogP contribution >= 0.6 is 11.6 Å². The number of fused-ring (bicyclic) bond motifs is 1. The van der Waals surface area contributed by atoms with Crippen LogP contribution in [0.1, 0.15) is 29.7 Å². The molecule has 2 aliphatic rings. The van der Waals surface area contributed by atoms with E-state index in [9.17, 15) is 4.79 Å². The number of ether oxygens (including phenoxy) is 1. The number of nitrogens with one attached hydrogen (secondary N) is 2. The lowest BCUT2D eigenvalue weighted by Gasteiger charge is -2.29. The highest BCUT2D eigenvalue weighted by molar-refractivity contribution is 6.30. The summed E-state index contributed by atoms with van der Waals surface area (Å²) in [4.78, 5) is 23.5. The summed E-state index contributed by atoms with van der Waals surface area (Å²) in [6.07, 6.45) is 4.56. The Morgan fingerprint density at radius 1 is 1.25 bits per heavy atom. The fraction of sp³-hybridized carbons (Fsp3) is 0.450. The fourth-order valence-electron chi connectivity index (χ4n) is 3.46. The molecule has 2 amide bonds. The summed E-state index contributed by atoms with van der Waals surface area (Å²) in [6.45, 7) is 3.16. The van der Waals surface area contributed by atoms with Crippen LogP contribution in [-0.4, -0.2) is 46.7 Å². The summed E-state index contributed by atoms with van der Waals surface area (Å²) < 4.78 is 5.39. The maximum Gasteiger partial charge on any atom is 0.318 e. The Morgan fingerprint density at radius 3 is 2.82 bits per heavy atom. The van der Waals surface area contributed by atoms with E-state index in [2.05, 4.69) is 20.6 Å². The van der Waals surface area contributed by atoms with Crippen LogP contribution in [0.5, 0.6) is 0 Å². The van der Waals surface area contributed by atoms with Gasteiger partial charge in [-0.15, -0.1) is 0 Å². The molecular formula is C20H24ClN5O2. The number of carbonyl (C=O) groups is 1. The first kappa shape index (κ1) is 19.0. The molecule has 28 heavy (non-hydrogen) atoms. The number of hydrogen-bond donors (Lipinski definition) is 2. The van der Waals surface area contributed by atoms with Crippen LogP contribution in [-0.2, 0) is 24.2 Å². The number of anilines is 1. The number of halogens is 1. The van der Waals surface area contributed by atoms with Gasteiger partial charge < -0.3 is 20.3 Å². The van der Waals surface area contributed by atoms with Gasteiger partial charge in [0.05, 0.1) is 12.2 Å². The minimum Gasteiger partial charge on any atom is -0.381 e. The maximum atomic E-state index is 12.6. The van der Waals surface area contributed by atoms with Crippen molar-refractivity contribution in [2.45, 2.75) is 38.4 Å². The monoisotopic (exact) mass is 401 g/mol. The van der Waals surface area contributed by atoms with Gasteiger partial charge in [-0.25, -0.2) is 14.8 Å². The summed E-state index contributed by atoms with van der Waals surface area (Å²) in [7, 11) is 0. The van der Waals surface area contributed by atoms with E-state index in [0.717, 1.165) is 49.3 Å². The van der Waals surface area contributed by atoms with Crippen LogP contribution in [0.4, 0.5) is 10.7 Å². The lowest BCUT2D eigenvalue weighted by Crippen LogP contribution is -2.43. The Hall–Kier alpha value is -2.38. The van der Waals surface area contributed by atoms with Crippen LogP contribution in [0.25, 0.3) is 0 Å². The molecule has 1 saturated heterocycles. The molecule has 1 aromatic carbocycles. The molecule has 0 aliphatic carbocycles. The van der Waals surface area contributed by atoms with Crippen LogP contribution in [0, 0.1) is 0 Å². The van der Waals surface area contributed by atoms with Crippen molar-refractivity contribution in [3.63, 3.8) is 0 Å². The third kappa shape index (κ3) is 4.72. The van der Waals surface area contributed by atoms with Gasteiger partial charge >= 0.3 is 6.03 Å². The van der Waals surface area contributed by atoms with Gasteiger partial charge in [0.1, 0.15) is 0 Å². The molecule has 2 aliphatic heterocycles. The number of rotatable bonds is 4. The average Bonchev–Trinajstić information content (AvgIpc) is 2.73. The molecule has 7 nitrogen and oxygen atoms in total. The van der Waals surface area contributed by atoms with Crippen molar-refractivity contribution in [2.24, 2.45) is 0 Å². The molecule has 8 heteroatoms. The van der Waals surface area contributed by atoms with Gasteiger partial charge in [0, 0.05) is 43.6 Å². The SMILES string of the molecule is O=C(NCc1ccc(Cl)cc1)N1CCc2cnc(NC3CCOCC3)nc2C1. The highest BCUT2D eigenvalue weighted by Gasteiger charge is 2.23. The first-order valence-corrected chi connectivity index (χ1v) is 10.0. The Kier molecular flexibility index (Phi) is 5.92. The van der Waals surface area contributed by atoms with Gasteiger partial charge in [0.2, 0.25) is 5.95 Å². The summed E-state index contributed by atoms with van der Waals surface area (Å²) in [5.74, 6) is 0.633. The van der Waals surface area contributed by atoms with Gasteiger partial charge in [0.25, 0.3) is 0 Å². The minimum atomic E-state index is -0.0850. The fourth-order valence-corrected chi connectivity index (χ4v) is 3.59. The molecular weight excluding hydrogens is 378 g/mol. The lowest BCUT2D eigenvalue weighted by atomic mass is 10.1. The highest BCUT2D eigenvalue weighted by atomic mass is 35.5. The van der Waals surface area contributed by atoms with Crippen LogP contribution in [0.15, 0.2) is 30.5 Å². The Balaban J connectivity index is 1.35. The van der Waals surface area contributed by atoms with Gasteiger partial charge in [-0.3, -0.25) is 0 Å². The van der Waals surface area contributed by atoms with E-state index in [0.29, 0.717) is 36.6 Å². The third-order valence-electron chi connectivity index (χ3n) is 5.14. The van der Waals surface area contributed by atoms with Crippen molar-refractivity contribution >= 4 is 23.6 Å². The molecule has 0 atom stereocenters. The van der Waals surface area contributed by atoms with E-state index >= 15 is 0 Å². The zero-order valence-corrected chi connectivity index (χ0v) is 16.4. The topological polar surface area (TPSA) is 79.4 Å². The molecule has 2 aromatic rings. The smallest absolute Gasteiger partial charge is 0.318 e. The molecule has 0 spiro atoms. The second-order valence-corrected chi connectivity index (χ2v) is 7.59. The standard InChI is InChI=1S/C20H24ClN5O2/c21-16-3-1-14(2-4-16)11-23-20(27)26-8-5-15-12-22-19(25-18(15)13-26)24-17-6-9-28-10-7-17/h1-4,12,17H,5-11,13H2,(H,23,27)(H,22,24,25). The largest absolute Gasteiger partial charge is 0.381 e. The zero-order chi connectivity index (χ0) is 19.3. The summed E-state index contributed by atoms with van der Waals surface area (Å²) in [6, 6.07) is 7.73. The predicted molar refractivity (Wildman–Crippen MR) is 107 cm³/mol. The highest BCUT2D eigenvalue weighted by Crippen LogP contribution is 2.19. The van der Waals surface area contributed by atoms with Crippen molar-refractivity contribution in [3.8, 4) is 0 Å². The van der Waals surface area contributed by atoms with Crippen LogP contribution in [0.2, 0.25) is 5.02 Å². The Bertz CT molecular complexity index is 824. The molecule has 3 heterocycles. The molecule has 148 valence electrons. The van der Waals surface area contributed by atoms with E-state index in [-0.39, 0.29) is 6.03 Å². The summed E-state index contributed by atoms with van der Waals surface area (Å²) in [5, 5.41) is 7.05. The minimum absolute atomic E-state index is 0.0850. The van der Waals surface area contributed by atoms with Crippen molar-refractivity contribution in [2.75, 3.05) is 25.1 Å². The van der Waals surface area contributed by atoms with Gasteiger partial charge in [-0.1, -0.05) is 23.7 Å². The second kappa shape index (κ2) is 8.75. The van der Waals surface area contributed by atoms with Gasteiger partial charge in [-0.05, 0) is 42.5 Å². The quantitative estimate of drug-likeness (QED) is 0.823. The molecule has 0 unspecified atom stereocenters. The van der Waals surface area contributed by atoms with E-state index in [1.807, 2.05) is 30.5 Å². The van der Waals surface area contributed by atoms with Crippen molar-refractivity contribution in [1.82, 2.24) is 20.2 Å². The van der Waals surface area contributed by atoms with Crippen LogP contribution < -0.4 is 10.6 Å². The van der Waals surface area contributed by atoms with Gasteiger partial charge in [-0.2, -0.15) is 0 Å². The number of carbonyl (C=O) groups excluding carboxylic acids is 1. The zero-order valence-electron chi connectivity index (χ0n) is 15.7. The number of nitrogens with zero attached hydrogens (tertiary/aromatic N) is 3. The first-order valence-electron chi connectivity index (χ1n) is 9.63. The van der Waals surface area contributed by atoms with E-state index in [4.69, 9.17) is 16.3 Å². The molecule has 1 aromatic heterocycles. The molecule has 0 saturated carbocycles. The normalized spacial score (nSPS) is 17.1. The first-order chi connectivity index (χ1) is 13.7. The van der Waals surface area contributed by atoms with Gasteiger partial charge in [0.15, 0.2) is 0 Å². The average molecular weight is 402 g/mol. The molecule has 2 N–H and O–H groups in total. The Labute approximate surface area is 169 Å².